The van der Waals surface area contributed by atoms with E-state index in [-0.39, 0.29) is 0 Å². The van der Waals surface area contributed by atoms with Crippen LogP contribution in [0.1, 0.15) is 43.4 Å². The molecule has 1 aromatic carbocycles. The van der Waals surface area contributed by atoms with Gasteiger partial charge in [-0.25, -0.2) is 0 Å². The molecule has 2 rings (SSSR count). The van der Waals surface area contributed by atoms with Crippen molar-refractivity contribution in [1.29, 1.82) is 0 Å². The molecule has 1 aliphatic rings. The first kappa shape index (κ1) is 13.0. The molecule has 2 nitrogen and oxygen atoms in total. The minimum absolute atomic E-state index is 0.404. The molecule has 2 heteroatoms. The molecule has 1 unspecified atom stereocenters. The van der Waals surface area contributed by atoms with Gasteiger partial charge in [0, 0.05) is 24.6 Å². The smallest absolute Gasteiger partial charge is 0.126 e. The lowest BCUT2D eigenvalue weighted by atomic mass is 10.00. The Morgan fingerprint density at radius 1 is 1.44 bits per heavy atom. The van der Waals surface area contributed by atoms with Crippen LogP contribution < -0.4 is 10.1 Å². The lowest BCUT2D eigenvalue weighted by molar-refractivity contribution is 0.313. The average molecular weight is 243 g/mol. The van der Waals surface area contributed by atoms with Crippen LogP contribution in [-0.4, -0.2) is 13.2 Å². The summed E-state index contributed by atoms with van der Waals surface area (Å²) in [5.41, 5.74) is 2.53. The molecule has 0 saturated heterocycles. The van der Waals surface area contributed by atoms with Crippen LogP contribution >= 0.6 is 0 Å². The monoisotopic (exact) mass is 243 g/mol. The Bertz CT molecular complexity index is 456. The van der Waals surface area contributed by atoms with Crippen LogP contribution in [0.3, 0.4) is 0 Å². The lowest BCUT2D eigenvalue weighted by Crippen LogP contribution is -2.22. The second-order valence-corrected chi connectivity index (χ2v) is 4.67. The zero-order valence-electron chi connectivity index (χ0n) is 11.3. The van der Waals surface area contributed by atoms with Crippen molar-refractivity contribution in [2.75, 3.05) is 13.2 Å². The lowest BCUT2D eigenvalue weighted by Gasteiger charge is -2.18. The molecule has 0 bridgehead atoms. The first-order valence-electron chi connectivity index (χ1n) is 6.68. The van der Waals surface area contributed by atoms with Gasteiger partial charge in [0.2, 0.25) is 0 Å². The summed E-state index contributed by atoms with van der Waals surface area (Å²) in [5.74, 6) is 7.10. The zero-order chi connectivity index (χ0) is 12.8. The Balaban J connectivity index is 2.11. The third-order valence-corrected chi connectivity index (χ3v) is 3.32. The fourth-order valence-electron chi connectivity index (χ4n) is 2.41. The van der Waals surface area contributed by atoms with Gasteiger partial charge in [0.15, 0.2) is 0 Å². The minimum atomic E-state index is 0.404. The molecule has 1 atom stereocenters. The normalized spacial score (nSPS) is 18.0. The van der Waals surface area contributed by atoms with Crippen LogP contribution in [0.25, 0.3) is 0 Å². The second-order valence-electron chi connectivity index (χ2n) is 4.67. The molecular weight excluding hydrogens is 222 g/mol. The van der Waals surface area contributed by atoms with Crippen molar-refractivity contribution in [2.24, 2.45) is 0 Å². The number of para-hydroxylation sites is 1. The number of ether oxygens (including phenoxy) is 1. The summed E-state index contributed by atoms with van der Waals surface area (Å²) in [5, 5.41) is 3.60. The molecule has 1 aliphatic heterocycles. The van der Waals surface area contributed by atoms with E-state index >= 15 is 0 Å². The van der Waals surface area contributed by atoms with Crippen molar-refractivity contribution in [3.63, 3.8) is 0 Å². The molecule has 0 amide bonds. The number of benzene rings is 1. The van der Waals surface area contributed by atoms with E-state index < -0.39 is 0 Å². The molecule has 0 spiro atoms. The van der Waals surface area contributed by atoms with Gasteiger partial charge in [-0.1, -0.05) is 18.2 Å². The van der Waals surface area contributed by atoms with Crippen molar-refractivity contribution in [3.8, 4) is 17.6 Å². The van der Waals surface area contributed by atoms with Crippen LogP contribution in [0.4, 0.5) is 0 Å². The maximum atomic E-state index is 5.87. The van der Waals surface area contributed by atoms with Crippen LogP contribution in [0.5, 0.6) is 5.75 Å². The summed E-state index contributed by atoms with van der Waals surface area (Å²) in [6.07, 6.45) is 3.15. The summed E-state index contributed by atoms with van der Waals surface area (Å²) in [7, 11) is 0. The van der Waals surface area contributed by atoms with Crippen LogP contribution in [-0.2, 0) is 0 Å². The Morgan fingerprint density at radius 3 is 3.17 bits per heavy atom. The second kappa shape index (κ2) is 6.47. The van der Waals surface area contributed by atoms with E-state index in [1.54, 1.807) is 0 Å². The fraction of sp³-hybridized carbons (Fsp3) is 0.500. The van der Waals surface area contributed by atoms with Gasteiger partial charge in [-0.15, -0.1) is 11.8 Å². The molecular formula is C16H21NO. The molecule has 0 saturated carbocycles. The Labute approximate surface area is 110 Å². The highest BCUT2D eigenvalue weighted by Crippen LogP contribution is 2.33. The Kier molecular flexibility index (Phi) is 4.66. The Morgan fingerprint density at radius 2 is 2.33 bits per heavy atom. The van der Waals surface area contributed by atoms with E-state index in [0.717, 1.165) is 38.2 Å². The summed E-state index contributed by atoms with van der Waals surface area (Å²) < 4.78 is 5.87. The van der Waals surface area contributed by atoms with Gasteiger partial charge in [0.25, 0.3) is 0 Å². The number of aryl methyl sites for hydroxylation is 1. The van der Waals surface area contributed by atoms with E-state index in [4.69, 9.17) is 4.74 Å². The first-order chi connectivity index (χ1) is 8.83. The maximum Gasteiger partial charge on any atom is 0.126 e. The quantitative estimate of drug-likeness (QED) is 0.650. The zero-order valence-corrected chi connectivity index (χ0v) is 11.3. The van der Waals surface area contributed by atoms with Gasteiger partial charge >= 0.3 is 0 Å². The Hall–Kier alpha value is -1.46. The SMILES string of the molecule is CC#CCCNC1CCCOc2c(C)cccc21. The first-order valence-corrected chi connectivity index (χ1v) is 6.68. The molecule has 1 aromatic rings. The number of hydrogen-bond acceptors (Lipinski definition) is 2. The maximum absolute atomic E-state index is 5.87. The minimum Gasteiger partial charge on any atom is -0.493 e. The third-order valence-electron chi connectivity index (χ3n) is 3.32. The van der Waals surface area contributed by atoms with Crippen LogP contribution in [0.15, 0.2) is 18.2 Å². The highest BCUT2D eigenvalue weighted by Gasteiger charge is 2.19. The van der Waals surface area contributed by atoms with Gasteiger partial charge in [-0.05, 0) is 32.3 Å². The largest absolute Gasteiger partial charge is 0.493 e. The average Bonchev–Trinajstić information content (AvgIpc) is 2.58. The molecule has 0 radical (unpaired) electrons. The van der Waals surface area contributed by atoms with E-state index in [9.17, 15) is 0 Å². The molecule has 96 valence electrons. The summed E-state index contributed by atoms with van der Waals surface area (Å²) in [4.78, 5) is 0. The summed E-state index contributed by atoms with van der Waals surface area (Å²) in [6, 6.07) is 6.81. The topological polar surface area (TPSA) is 21.3 Å². The van der Waals surface area contributed by atoms with Gasteiger partial charge in [-0.3, -0.25) is 0 Å². The van der Waals surface area contributed by atoms with Crippen molar-refractivity contribution >= 4 is 0 Å². The van der Waals surface area contributed by atoms with E-state index in [1.807, 2.05) is 6.92 Å². The van der Waals surface area contributed by atoms with Gasteiger partial charge in [0.1, 0.15) is 5.75 Å². The number of hydrogen-bond donors (Lipinski definition) is 1. The van der Waals surface area contributed by atoms with Crippen molar-refractivity contribution in [1.82, 2.24) is 5.32 Å². The highest BCUT2D eigenvalue weighted by atomic mass is 16.5. The van der Waals surface area contributed by atoms with Crippen LogP contribution in [0, 0.1) is 18.8 Å². The predicted molar refractivity (Wildman–Crippen MR) is 74.7 cm³/mol. The number of nitrogens with one attached hydrogen (secondary N) is 1. The third kappa shape index (κ3) is 3.05. The highest BCUT2D eigenvalue weighted by molar-refractivity contribution is 5.43. The molecule has 0 aliphatic carbocycles. The van der Waals surface area contributed by atoms with E-state index in [1.165, 1.54) is 11.1 Å². The van der Waals surface area contributed by atoms with Crippen LogP contribution in [0.2, 0.25) is 0 Å². The standard InChI is InChI=1S/C16H21NO/c1-3-4-5-11-17-15-10-7-12-18-16-13(2)8-6-9-14(15)16/h6,8-9,15,17H,5,7,10-12H2,1-2H3. The molecule has 0 aromatic heterocycles. The molecule has 1 N–H and O–H groups in total. The predicted octanol–water partition coefficient (Wildman–Crippen LogP) is 3.21. The van der Waals surface area contributed by atoms with Crippen molar-refractivity contribution < 1.29 is 4.74 Å². The molecule has 1 heterocycles. The van der Waals surface area contributed by atoms with Gasteiger partial charge < -0.3 is 10.1 Å². The summed E-state index contributed by atoms with van der Waals surface area (Å²) in [6.45, 7) is 5.77. The van der Waals surface area contributed by atoms with Crippen molar-refractivity contribution in [3.05, 3.63) is 29.3 Å². The van der Waals surface area contributed by atoms with E-state index in [2.05, 4.69) is 42.3 Å². The molecule has 18 heavy (non-hydrogen) atoms. The summed E-state index contributed by atoms with van der Waals surface area (Å²) >= 11 is 0. The number of fused-ring (bicyclic) bond motifs is 1. The fourth-order valence-corrected chi connectivity index (χ4v) is 2.41. The molecule has 0 fully saturated rings. The van der Waals surface area contributed by atoms with E-state index in [0.29, 0.717) is 6.04 Å². The van der Waals surface area contributed by atoms with Gasteiger partial charge in [0.05, 0.1) is 6.61 Å². The van der Waals surface area contributed by atoms with Gasteiger partial charge in [-0.2, -0.15) is 0 Å². The van der Waals surface area contributed by atoms with Crippen molar-refractivity contribution in [2.45, 2.75) is 39.2 Å². The number of rotatable bonds is 3.